The van der Waals surface area contributed by atoms with Crippen molar-refractivity contribution in [2.75, 3.05) is 6.61 Å². The molecule has 2 aromatic carbocycles. The van der Waals surface area contributed by atoms with Gasteiger partial charge in [0.25, 0.3) is 0 Å². The maximum Gasteiger partial charge on any atom is 0.194 e. The third kappa shape index (κ3) is 4.51. The molecule has 5 atom stereocenters. The van der Waals surface area contributed by atoms with Gasteiger partial charge in [0, 0.05) is 10.5 Å². The van der Waals surface area contributed by atoms with Crippen molar-refractivity contribution < 1.29 is 33.2 Å². The molecule has 1 fully saturated rings. The number of aryl methyl sites for hydroxylation is 2. The number of aliphatic hydroxyl groups is 3. The normalized spacial score (nSPS) is 25.4. The predicted molar refractivity (Wildman–Crippen MR) is 114 cm³/mol. The number of ether oxygens (including phenoxy) is 1. The first-order chi connectivity index (χ1) is 15.7. The lowest BCUT2D eigenvalue weighted by Crippen LogP contribution is -2.55. The average Bonchev–Trinajstić information content (AvgIpc) is 3.25. The van der Waals surface area contributed by atoms with Crippen LogP contribution in [-0.4, -0.2) is 60.7 Å². The van der Waals surface area contributed by atoms with E-state index in [1.165, 1.54) is 18.0 Å². The van der Waals surface area contributed by atoms with Crippen LogP contribution in [0.3, 0.4) is 0 Å². The Labute approximate surface area is 191 Å². The minimum atomic E-state index is -1.60. The SMILES string of the molecule is Cc1cccc(C)c1S[C@H]1OC(CO)[C@H](O)[C@H](n2cc(-c3cc(F)c(F)c(F)c3)nn2)C1O. The van der Waals surface area contributed by atoms with Gasteiger partial charge in [0.15, 0.2) is 17.5 Å². The van der Waals surface area contributed by atoms with Crippen LogP contribution in [0.2, 0.25) is 0 Å². The van der Waals surface area contributed by atoms with Crippen LogP contribution in [0, 0.1) is 31.3 Å². The van der Waals surface area contributed by atoms with Crippen LogP contribution in [0.1, 0.15) is 17.2 Å². The average molecular weight is 481 g/mol. The van der Waals surface area contributed by atoms with Crippen molar-refractivity contribution >= 4 is 11.8 Å². The zero-order valence-corrected chi connectivity index (χ0v) is 18.5. The summed E-state index contributed by atoms with van der Waals surface area (Å²) in [6, 6.07) is 6.23. The first-order valence-electron chi connectivity index (χ1n) is 10.1. The molecule has 7 nitrogen and oxygen atoms in total. The summed E-state index contributed by atoms with van der Waals surface area (Å²) in [5.41, 5.74) is 1.04. The highest BCUT2D eigenvalue weighted by molar-refractivity contribution is 8.00. The van der Waals surface area contributed by atoms with Gasteiger partial charge in [0.1, 0.15) is 35.5 Å². The summed E-state index contributed by atoms with van der Waals surface area (Å²) >= 11 is 1.26. The van der Waals surface area contributed by atoms with E-state index in [0.717, 1.165) is 32.8 Å². The maximum atomic E-state index is 13.6. The van der Waals surface area contributed by atoms with E-state index >= 15 is 0 Å². The van der Waals surface area contributed by atoms with Crippen molar-refractivity contribution in [1.82, 2.24) is 15.0 Å². The van der Waals surface area contributed by atoms with Gasteiger partial charge in [-0.05, 0) is 37.1 Å². The number of halogens is 3. The zero-order valence-electron chi connectivity index (χ0n) is 17.7. The largest absolute Gasteiger partial charge is 0.394 e. The smallest absolute Gasteiger partial charge is 0.194 e. The molecule has 0 bridgehead atoms. The lowest BCUT2D eigenvalue weighted by atomic mass is 9.97. The molecule has 0 saturated carbocycles. The van der Waals surface area contributed by atoms with Crippen molar-refractivity contribution in [3.05, 3.63) is 65.1 Å². The van der Waals surface area contributed by atoms with Crippen LogP contribution < -0.4 is 0 Å². The van der Waals surface area contributed by atoms with E-state index in [0.29, 0.717) is 0 Å². The monoisotopic (exact) mass is 481 g/mol. The number of benzene rings is 2. The number of hydrogen-bond acceptors (Lipinski definition) is 7. The van der Waals surface area contributed by atoms with Gasteiger partial charge in [-0.15, -0.1) is 5.10 Å². The van der Waals surface area contributed by atoms with Gasteiger partial charge >= 0.3 is 0 Å². The van der Waals surface area contributed by atoms with Crippen molar-refractivity contribution in [2.24, 2.45) is 0 Å². The molecular formula is C22H22F3N3O4S. The van der Waals surface area contributed by atoms with Crippen LogP contribution in [0.15, 0.2) is 41.4 Å². The van der Waals surface area contributed by atoms with Crippen LogP contribution in [-0.2, 0) is 4.74 Å². The molecule has 11 heteroatoms. The molecule has 4 rings (SSSR count). The van der Waals surface area contributed by atoms with Gasteiger partial charge in [-0.25, -0.2) is 17.9 Å². The summed E-state index contributed by atoms with van der Waals surface area (Å²) in [5.74, 6) is -4.36. The summed E-state index contributed by atoms with van der Waals surface area (Å²) in [6.07, 6.45) is -2.36. The summed E-state index contributed by atoms with van der Waals surface area (Å²) < 4.78 is 47.5. The van der Waals surface area contributed by atoms with E-state index in [2.05, 4.69) is 10.3 Å². The Kier molecular flexibility index (Phi) is 6.78. The van der Waals surface area contributed by atoms with Crippen LogP contribution in [0.5, 0.6) is 0 Å². The second kappa shape index (κ2) is 9.43. The van der Waals surface area contributed by atoms with Gasteiger partial charge in [0.05, 0.1) is 12.8 Å². The fourth-order valence-corrected chi connectivity index (χ4v) is 5.08. The van der Waals surface area contributed by atoms with E-state index < -0.39 is 53.8 Å². The quantitative estimate of drug-likeness (QED) is 0.482. The Morgan fingerprint density at radius 2 is 1.70 bits per heavy atom. The van der Waals surface area contributed by atoms with E-state index in [4.69, 9.17) is 4.74 Å². The topological polar surface area (TPSA) is 101 Å². The first-order valence-corrected chi connectivity index (χ1v) is 11.0. The second-order valence-electron chi connectivity index (χ2n) is 7.87. The third-order valence-corrected chi connectivity index (χ3v) is 7.09. The van der Waals surface area contributed by atoms with E-state index in [-0.39, 0.29) is 11.3 Å². The molecule has 0 radical (unpaired) electrons. The van der Waals surface area contributed by atoms with E-state index in [1.807, 2.05) is 32.0 Å². The summed E-state index contributed by atoms with van der Waals surface area (Å²) in [4.78, 5) is 0.893. The van der Waals surface area contributed by atoms with Crippen LogP contribution in [0.25, 0.3) is 11.3 Å². The molecule has 1 aromatic heterocycles. The predicted octanol–water partition coefficient (Wildman–Crippen LogP) is 2.75. The highest BCUT2D eigenvalue weighted by atomic mass is 32.2. The number of thioether (sulfide) groups is 1. The summed E-state index contributed by atoms with van der Waals surface area (Å²) in [7, 11) is 0. The second-order valence-corrected chi connectivity index (χ2v) is 8.98. The number of hydrogen-bond donors (Lipinski definition) is 3. The highest BCUT2D eigenvalue weighted by Gasteiger charge is 2.46. The molecular weight excluding hydrogens is 459 g/mol. The van der Waals surface area contributed by atoms with Gasteiger partial charge in [-0.2, -0.15) is 0 Å². The zero-order chi connectivity index (χ0) is 23.9. The molecule has 176 valence electrons. The van der Waals surface area contributed by atoms with Crippen molar-refractivity contribution in [3.8, 4) is 11.3 Å². The number of nitrogens with zero attached hydrogens (tertiary/aromatic N) is 3. The van der Waals surface area contributed by atoms with Crippen LogP contribution in [0.4, 0.5) is 13.2 Å². The summed E-state index contributed by atoms with van der Waals surface area (Å²) in [6.45, 7) is 3.33. The molecule has 1 aliphatic rings. The van der Waals surface area contributed by atoms with Crippen molar-refractivity contribution in [1.29, 1.82) is 0 Å². The fraction of sp³-hybridized carbons (Fsp3) is 0.364. The van der Waals surface area contributed by atoms with Gasteiger partial charge < -0.3 is 20.1 Å². The highest BCUT2D eigenvalue weighted by Crippen LogP contribution is 2.40. The Balaban J connectivity index is 1.66. The molecule has 3 aromatic rings. The summed E-state index contributed by atoms with van der Waals surface area (Å²) in [5, 5.41) is 39.3. The molecule has 1 aliphatic heterocycles. The van der Waals surface area contributed by atoms with Crippen molar-refractivity contribution in [3.63, 3.8) is 0 Å². The van der Waals surface area contributed by atoms with Gasteiger partial charge in [0.2, 0.25) is 0 Å². The van der Waals surface area contributed by atoms with Crippen molar-refractivity contribution in [2.45, 2.75) is 48.5 Å². The minimum absolute atomic E-state index is 0.0122. The molecule has 1 saturated heterocycles. The lowest BCUT2D eigenvalue weighted by molar-refractivity contribution is -0.178. The minimum Gasteiger partial charge on any atom is -0.394 e. The molecule has 33 heavy (non-hydrogen) atoms. The molecule has 3 N–H and O–H groups in total. The third-order valence-electron chi connectivity index (χ3n) is 5.59. The lowest BCUT2D eigenvalue weighted by Gasteiger charge is -2.42. The van der Waals surface area contributed by atoms with Crippen LogP contribution >= 0.6 is 11.8 Å². The Hall–Kier alpha value is -2.44. The Bertz CT molecular complexity index is 1120. The molecule has 0 amide bonds. The van der Waals surface area contributed by atoms with E-state index in [9.17, 15) is 28.5 Å². The fourth-order valence-electron chi connectivity index (χ4n) is 3.84. The number of aliphatic hydroxyl groups excluding tert-OH is 3. The number of aromatic nitrogens is 3. The molecule has 0 aliphatic carbocycles. The molecule has 0 spiro atoms. The van der Waals surface area contributed by atoms with E-state index in [1.54, 1.807) is 0 Å². The van der Waals surface area contributed by atoms with Gasteiger partial charge in [-0.3, -0.25) is 0 Å². The molecule has 2 unspecified atom stereocenters. The first kappa shape index (κ1) is 23.7. The maximum absolute atomic E-state index is 13.6. The Morgan fingerprint density at radius 3 is 2.30 bits per heavy atom. The Morgan fingerprint density at radius 1 is 1.06 bits per heavy atom. The standard InChI is InChI=1S/C22H22F3N3O4S/c1-10-4-3-5-11(2)21(10)33-22-20(31)18(19(30)16(9-29)32-22)28-8-15(26-27-28)12-6-13(23)17(25)14(24)7-12/h3-8,16,18-20,22,29-31H,9H2,1-2H3/t16?,18-,19-,20?,22+/m0/s1. The number of rotatable bonds is 5. The molecule has 2 heterocycles. The van der Waals surface area contributed by atoms with Gasteiger partial charge in [-0.1, -0.05) is 35.2 Å².